The fraction of sp³-hybridized carbons (Fsp3) is 0.500. The van der Waals surface area contributed by atoms with Crippen LogP contribution in [0.15, 0.2) is 18.2 Å². The molecule has 1 aliphatic carbocycles. The lowest BCUT2D eigenvalue weighted by molar-refractivity contribution is 0.652. The molecule has 1 aromatic rings. The predicted octanol–water partition coefficient (Wildman–Crippen LogP) is 3.04. The Kier molecular flexibility index (Phi) is 2.63. The first-order valence-corrected chi connectivity index (χ1v) is 5.76. The number of rotatable bonds is 3. The smallest absolute Gasteiger partial charge is 0.0749 e. The summed E-state index contributed by atoms with van der Waals surface area (Å²) in [5.74, 6) is 0. The summed E-state index contributed by atoms with van der Waals surface area (Å²) >= 11 is 0. The van der Waals surface area contributed by atoms with Gasteiger partial charge in [0.25, 0.3) is 0 Å². The van der Waals surface area contributed by atoms with E-state index in [1.807, 2.05) is 0 Å². The van der Waals surface area contributed by atoms with Crippen LogP contribution >= 0.6 is 0 Å². The van der Waals surface area contributed by atoms with Crippen molar-refractivity contribution in [2.45, 2.75) is 26.7 Å². The molecule has 0 heterocycles. The molecule has 0 amide bonds. The van der Waals surface area contributed by atoms with E-state index in [4.69, 9.17) is 5.26 Å². The van der Waals surface area contributed by atoms with E-state index in [9.17, 15) is 0 Å². The van der Waals surface area contributed by atoms with Crippen LogP contribution in [-0.4, -0.2) is 13.6 Å². The molecule has 0 aromatic heterocycles. The lowest BCUT2D eigenvalue weighted by atomic mass is 10.1. The summed E-state index contributed by atoms with van der Waals surface area (Å²) in [6.07, 6.45) is 2.11. The third-order valence-electron chi connectivity index (χ3n) is 3.39. The summed E-state index contributed by atoms with van der Waals surface area (Å²) in [5.41, 5.74) is 3.76. The van der Waals surface area contributed by atoms with Crippen LogP contribution in [0.2, 0.25) is 0 Å². The first kappa shape index (κ1) is 11.0. The highest BCUT2D eigenvalue weighted by Crippen LogP contribution is 2.45. The van der Waals surface area contributed by atoms with E-state index in [1.54, 1.807) is 0 Å². The Morgan fingerprint density at radius 3 is 2.56 bits per heavy atom. The van der Waals surface area contributed by atoms with Gasteiger partial charge < -0.3 is 4.90 Å². The van der Waals surface area contributed by atoms with E-state index in [0.717, 1.165) is 19.4 Å². The Morgan fingerprint density at radius 1 is 1.38 bits per heavy atom. The zero-order valence-corrected chi connectivity index (χ0v) is 10.2. The van der Waals surface area contributed by atoms with Gasteiger partial charge in [0.2, 0.25) is 0 Å². The maximum absolute atomic E-state index is 9.09. The summed E-state index contributed by atoms with van der Waals surface area (Å²) in [6.45, 7) is 5.09. The monoisotopic (exact) mass is 214 g/mol. The molecule has 0 radical (unpaired) electrons. The van der Waals surface area contributed by atoms with Crippen LogP contribution in [0.5, 0.6) is 0 Å². The molecule has 0 spiro atoms. The molecule has 0 unspecified atom stereocenters. The molecule has 16 heavy (non-hydrogen) atoms. The van der Waals surface area contributed by atoms with Crippen LogP contribution < -0.4 is 4.90 Å². The molecule has 84 valence electrons. The molecule has 2 heteroatoms. The van der Waals surface area contributed by atoms with Crippen molar-refractivity contribution in [1.82, 2.24) is 0 Å². The van der Waals surface area contributed by atoms with Crippen LogP contribution in [-0.2, 0) is 0 Å². The molecule has 0 N–H and O–H groups in total. The highest BCUT2D eigenvalue weighted by Gasteiger charge is 2.44. The van der Waals surface area contributed by atoms with Gasteiger partial charge in [0, 0.05) is 19.3 Å². The van der Waals surface area contributed by atoms with Gasteiger partial charge in [-0.2, -0.15) is 5.26 Å². The summed E-state index contributed by atoms with van der Waals surface area (Å²) in [5, 5.41) is 9.09. The van der Waals surface area contributed by atoms with Gasteiger partial charge >= 0.3 is 0 Å². The number of nitrogens with zero attached hydrogens (tertiary/aromatic N) is 2. The molecule has 1 saturated carbocycles. The highest BCUT2D eigenvalue weighted by molar-refractivity contribution is 5.54. The topological polar surface area (TPSA) is 27.0 Å². The average molecular weight is 214 g/mol. The average Bonchev–Trinajstić information content (AvgIpc) is 2.98. The summed E-state index contributed by atoms with van der Waals surface area (Å²) < 4.78 is 0. The van der Waals surface area contributed by atoms with Crippen LogP contribution in [0, 0.1) is 30.6 Å². The van der Waals surface area contributed by atoms with Gasteiger partial charge in [-0.05, 0) is 38.3 Å². The molecular weight excluding hydrogens is 196 g/mol. The Morgan fingerprint density at radius 2 is 2.06 bits per heavy atom. The maximum atomic E-state index is 9.09. The van der Waals surface area contributed by atoms with Gasteiger partial charge in [0.15, 0.2) is 0 Å². The molecule has 1 fully saturated rings. The van der Waals surface area contributed by atoms with Crippen molar-refractivity contribution in [3.05, 3.63) is 29.3 Å². The van der Waals surface area contributed by atoms with E-state index < -0.39 is 0 Å². The number of hydrogen-bond acceptors (Lipinski definition) is 2. The fourth-order valence-corrected chi connectivity index (χ4v) is 2.23. The van der Waals surface area contributed by atoms with E-state index in [0.29, 0.717) is 0 Å². The van der Waals surface area contributed by atoms with Gasteiger partial charge in [0.1, 0.15) is 0 Å². The molecule has 0 aliphatic heterocycles. The molecule has 1 aliphatic rings. The molecular formula is C14H18N2. The molecule has 0 saturated heterocycles. The molecule has 0 atom stereocenters. The number of anilines is 1. The fourth-order valence-electron chi connectivity index (χ4n) is 2.23. The van der Waals surface area contributed by atoms with Crippen molar-refractivity contribution in [3.8, 4) is 6.07 Å². The highest BCUT2D eigenvalue weighted by atomic mass is 15.1. The zero-order valence-electron chi connectivity index (χ0n) is 10.2. The van der Waals surface area contributed by atoms with Crippen molar-refractivity contribution in [2.75, 3.05) is 18.5 Å². The molecule has 1 aromatic carbocycles. The van der Waals surface area contributed by atoms with E-state index in [2.05, 4.69) is 50.1 Å². The van der Waals surface area contributed by atoms with E-state index >= 15 is 0 Å². The quantitative estimate of drug-likeness (QED) is 0.773. The van der Waals surface area contributed by atoms with Crippen molar-refractivity contribution in [3.63, 3.8) is 0 Å². The lowest BCUT2D eigenvalue weighted by Gasteiger charge is -2.23. The minimum atomic E-state index is -0.0634. The van der Waals surface area contributed by atoms with Crippen molar-refractivity contribution in [2.24, 2.45) is 5.41 Å². The summed E-state index contributed by atoms with van der Waals surface area (Å²) in [6, 6.07) is 8.92. The Labute approximate surface area is 97.5 Å². The third kappa shape index (κ3) is 2.04. The Hall–Kier alpha value is -1.49. The minimum absolute atomic E-state index is 0.0634. The lowest BCUT2D eigenvalue weighted by Crippen LogP contribution is -2.26. The number of benzene rings is 1. The van der Waals surface area contributed by atoms with Crippen LogP contribution in [0.1, 0.15) is 24.0 Å². The van der Waals surface area contributed by atoms with Crippen LogP contribution in [0.25, 0.3) is 0 Å². The van der Waals surface area contributed by atoms with Crippen molar-refractivity contribution in [1.29, 1.82) is 5.26 Å². The molecule has 2 nitrogen and oxygen atoms in total. The Balaban J connectivity index is 2.15. The number of aryl methyl sites for hydroxylation is 2. The van der Waals surface area contributed by atoms with Crippen molar-refractivity contribution >= 4 is 5.69 Å². The normalized spacial score (nSPS) is 16.6. The summed E-state index contributed by atoms with van der Waals surface area (Å²) in [4.78, 5) is 2.21. The van der Waals surface area contributed by atoms with Gasteiger partial charge in [0.05, 0.1) is 11.5 Å². The first-order chi connectivity index (χ1) is 7.56. The number of hydrogen-bond donors (Lipinski definition) is 0. The largest absolute Gasteiger partial charge is 0.373 e. The van der Waals surface area contributed by atoms with E-state index in [-0.39, 0.29) is 5.41 Å². The van der Waals surface area contributed by atoms with Gasteiger partial charge in [-0.1, -0.05) is 17.7 Å². The van der Waals surface area contributed by atoms with Gasteiger partial charge in [-0.25, -0.2) is 0 Å². The second kappa shape index (κ2) is 3.83. The van der Waals surface area contributed by atoms with Crippen molar-refractivity contribution < 1.29 is 0 Å². The molecule has 2 rings (SSSR count). The third-order valence-corrected chi connectivity index (χ3v) is 3.39. The SMILES string of the molecule is Cc1ccc(N(C)CC2(C#N)CC2)c(C)c1. The summed E-state index contributed by atoms with van der Waals surface area (Å²) in [7, 11) is 2.08. The first-order valence-electron chi connectivity index (χ1n) is 5.76. The standard InChI is InChI=1S/C14H18N2/c1-11-4-5-13(12(2)8-11)16(3)10-14(9-15)6-7-14/h4-5,8H,6-7,10H2,1-3H3. The van der Waals surface area contributed by atoms with Gasteiger partial charge in [-0.3, -0.25) is 0 Å². The maximum Gasteiger partial charge on any atom is 0.0749 e. The second-order valence-corrected chi connectivity index (χ2v) is 5.04. The number of nitriles is 1. The predicted molar refractivity (Wildman–Crippen MR) is 66.5 cm³/mol. The molecule has 0 bridgehead atoms. The van der Waals surface area contributed by atoms with Gasteiger partial charge in [-0.15, -0.1) is 0 Å². The Bertz CT molecular complexity index is 439. The zero-order chi connectivity index (χ0) is 11.8. The van der Waals surface area contributed by atoms with E-state index in [1.165, 1.54) is 16.8 Å². The van der Waals surface area contributed by atoms with Crippen LogP contribution in [0.4, 0.5) is 5.69 Å². The minimum Gasteiger partial charge on any atom is -0.373 e. The van der Waals surface area contributed by atoms with Crippen LogP contribution in [0.3, 0.4) is 0 Å². The second-order valence-electron chi connectivity index (χ2n) is 5.04.